The molecule has 17 heavy (non-hydrogen) atoms. The fourth-order valence-corrected chi connectivity index (χ4v) is 1.51. The van der Waals surface area contributed by atoms with Crippen LogP contribution in [0.15, 0.2) is 12.1 Å². The Labute approximate surface area is 92.0 Å². The highest BCUT2D eigenvalue weighted by atomic mass is 19.4. The zero-order valence-electron chi connectivity index (χ0n) is 8.41. The molecule has 1 aromatic rings. The van der Waals surface area contributed by atoms with Gasteiger partial charge < -0.3 is 0 Å². The molecule has 0 atom stereocenters. The van der Waals surface area contributed by atoms with Crippen LogP contribution in [0.5, 0.6) is 0 Å². The molecule has 0 radical (unpaired) electrons. The first kappa shape index (κ1) is 13.5. The lowest BCUT2D eigenvalue weighted by Crippen LogP contribution is -2.16. The molecule has 0 bridgehead atoms. The summed E-state index contributed by atoms with van der Waals surface area (Å²) >= 11 is 0. The minimum atomic E-state index is -5.00. The maximum atomic E-state index is 12.5. The summed E-state index contributed by atoms with van der Waals surface area (Å²) in [5.74, 6) is 0. The van der Waals surface area contributed by atoms with Crippen molar-refractivity contribution in [2.75, 3.05) is 0 Å². The largest absolute Gasteiger partial charge is 0.417 e. The highest BCUT2D eigenvalue weighted by molar-refractivity contribution is 5.78. The van der Waals surface area contributed by atoms with Crippen LogP contribution in [0.25, 0.3) is 0 Å². The summed E-state index contributed by atoms with van der Waals surface area (Å²) in [5, 5.41) is 0. The van der Waals surface area contributed by atoms with Gasteiger partial charge in [0.25, 0.3) is 0 Å². The van der Waals surface area contributed by atoms with Crippen molar-refractivity contribution in [3.8, 4) is 0 Å². The third-order valence-corrected chi connectivity index (χ3v) is 2.21. The molecule has 0 aliphatic heterocycles. The smallest absolute Gasteiger partial charge is 0.298 e. The Balaban J connectivity index is 3.61. The van der Waals surface area contributed by atoms with E-state index in [9.17, 15) is 31.1 Å². The van der Waals surface area contributed by atoms with Crippen molar-refractivity contribution in [2.24, 2.45) is 0 Å². The maximum Gasteiger partial charge on any atom is 0.417 e. The van der Waals surface area contributed by atoms with Crippen molar-refractivity contribution in [3.63, 3.8) is 0 Å². The quantitative estimate of drug-likeness (QED) is 0.551. The number of rotatable bonds is 1. The molecule has 0 aromatic heterocycles. The average molecular weight is 256 g/mol. The Bertz CT molecular complexity index is 443. The van der Waals surface area contributed by atoms with Gasteiger partial charge in [-0.05, 0) is 18.6 Å². The summed E-state index contributed by atoms with van der Waals surface area (Å²) in [7, 11) is 0. The van der Waals surface area contributed by atoms with Crippen LogP contribution in [0.2, 0.25) is 0 Å². The Hall–Kier alpha value is -1.53. The fraction of sp³-hybridized carbons (Fsp3) is 0.300. The second kappa shape index (κ2) is 4.05. The summed E-state index contributed by atoms with van der Waals surface area (Å²) in [6.07, 6.45) is -10.00. The SMILES string of the molecule is Cc1c(C(F)(F)F)ccc(C=O)c1C(F)(F)F. The monoisotopic (exact) mass is 256 g/mol. The minimum Gasteiger partial charge on any atom is -0.298 e. The summed E-state index contributed by atoms with van der Waals surface area (Å²) in [5.41, 5.74) is -4.73. The number of halogens is 6. The molecule has 0 amide bonds. The molecular weight excluding hydrogens is 250 g/mol. The van der Waals surface area contributed by atoms with Crippen LogP contribution in [-0.2, 0) is 12.4 Å². The minimum absolute atomic E-state index is 0.115. The lowest BCUT2D eigenvalue weighted by molar-refractivity contribution is -0.144. The van der Waals surface area contributed by atoms with E-state index >= 15 is 0 Å². The van der Waals surface area contributed by atoms with Gasteiger partial charge in [-0.2, -0.15) is 26.3 Å². The van der Waals surface area contributed by atoms with E-state index in [0.717, 1.165) is 0 Å². The van der Waals surface area contributed by atoms with Crippen molar-refractivity contribution in [3.05, 3.63) is 34.4 Å². The number of carbonyl (C=O) groups is 1. The Morgan fingerprint density at radius 3 is 1.88 bits per heavy atom. The molecule has 0 heterocycles. The van der Waals surface area contributed by atoms with Crippen LogP contribution in [0, 0.1) is 6.92 Å². The molecule has 0 aliphatic carbocycles. The Kier molecular flexibility index (Phi) is 3.22. The second-order valence-electron chi connectivity index (χ2n) is 3.32. The molecular formula is C10H6F6O. The maximum absolute atomic E-state index is 12.5. The van der Waals surface area contributed by atoms with Crippen molar-refractivity contribution in [2.45, 2.75) is 19.3 Å². The van der Waals surface area contributed by atoms with Crippen molar-refractivity contribution in [1.82, 2.24) is 0 Å². The summed E-state index contributed by atoms with van der Waals surface area (Å²) < 4.78 is 74.8. The van der Waals surface area contributed by atoms with Gasteiger partial charge in [0.15, 0.2) is 6.29 Å². The van der Waals surface area contributed by atoms with E-state index in [1.54, 1.807) is 0 Å². The van der Waals surface area contributed by atoms with Crippen molar-refractivity contribution < 1.29 is 31.1 Å². The molecule has 7 heteroatoms. The Morgan fingerprint density at radius 2 is 1.53 bits per heavy atom. The first-order valence-electron chi connectivity index (χ1n) is 4.32. The number of carbonyl (C=O) groups excluding carboxylic acids is 1. The van der Waals surface area contributed by atoms with E-state index in [2.05, 4.69) is 0 Å². The number of hydrogen-bond donors (Lipinski definition) is 0. The molecule has 0 fully saturated rings. The van der Waals surface area contributed by atoms with Crippen LogP contribution < -0.4 is 0 Å². The fourth-order valence-electron chi connectivity index (χ4n) is 1.51. The first-order valence-corrected chi connectivity index (χ1v) is 4.32. The van der Waals surface area contributed by atoms with E-state index in [4.69, 9.17) is 0 Å². The van der Waals surface area contributed by atoms with Gasteiger partial charge in [0.05, 0.1) is 11.1 Å². The van der Waals surface area contributed by atoms with Gasteiger partial charge in [-0.15, -0.1) is 0 Å². The average Bonchev–Trinajstić information content (AvgIpc) is 2.12. The Morgan fingerprint density at radius 1 is 1.00 bits per heavy atom. The van der Waals surface area contributed by atoms with E-state index in [-0.39, 0.29) is 6.29 Å². The molecule has 1 rings (SSSR count). The predicted octanol–water partition coefficient (Wildman–Crippen LogP) is 3.85. The topological polar surface area (TPSA) is 17.1 Å². The van der Waals surface area contributed by atoms with Crippen LogP contribution in [0.3, 0.4) is 0 Å². The van der Waals surface area contributed by atoms with Gasteiger partial charge in [0, 0.05) is 5.56 Å². The zero-order valence-corrected chi connectivity index (χ0v) is 8.41. The van der Waals surface area contributed by atoms with Crippen LogP contribution >= 0.6 is 0 Å². The van der Waals surface area contributed by atoms with Crippen LogP contribution in [0.4, 0.5) is 26.3 Å². The number of aldehydes is 1. The van der Waals surface area contributed by atoms with E-state index < -0.39 is 34.6 Å². The van der Waals surface area contributed by atoms with Gasteiger partial charge in [-0.3, -0.25) is 4.79 Å². The highest BCUT2D eigenvalue weighted by Crippen LogP contribution is 2.40. The van der Waals surface area contributed by atoms with Crippen LogP contribution in [0.1, 0.15) is 27.0 Å². The first-order chi connectivity index (χ1) is 7.59. The molecule has 1 nitrogen and oxygen atoms in total. The second-order valence-corrected chi connectivity index (χ2v) is 3.32. The third kappa shape index (κ3) is 2.59. The van der Waals surface area contributed by atoms with Crippen LogP contribution in [-0.4, -0.2) is 6.29 Å². The molecule has 0 saturated heterocycles. The van der Waals surface area contributed by atoms with Gasteiger partial charge in [-0.1, -0.05) is 6.07 Å². The molecule has 0 saturated carbocycles. The predicted molar refractivity (Wildman–Crippen MR) is 46.6 cm³/mol. The summed E-state index contributed by atoms with van der Waals surface area (Å²) in [6, 6.07) is 0.986. The van der Waals surface area contributed by atoms with Gasteiger partial charge >= 0.3 is 12.4 Å². The highest BCUT2D eigenvalue weighted by Gasteiger charge is 2.40. The number of benzene rings is 1. The molecule has 94 valence electrons. The lowest BCUT2D eigenvalue weighted by atomic mass is 9.96. The zero-order chi connectivity index (χ0) is 13.4. The molecule has 0 unspecified atom stereocenters. The molecule has 0 aliphatic rings. The summed E-state index contributed by atoms with van der Waals surface area (Å²) in [4.78, 5) is 10.4. The van der Waals surface area contributed by atoms with E-state index in [1.165, 1.54) is 0 Å². The molecule has 0 N–H and O–H groups in total. The van der Waals surface area contributed by atoms with E-state index in [1.807, 2.05) is 0 Å². The van der Waals surface area contributed by atoms with Crippen molar-refractivity contribution >= 4 is 6.29 Å². The van der Waals surface area contributed by atoms with Gasteiger partial charge in [-0.25, -0.2) is 0 Å². The summed E-state index contributed by atoms with van der Waals surface area (Å²) in [6.45, 7) is 0.693. The lowest BCUT2D eigenvalue weighted by Gasteiger charge is -2.17. The third-order valence-electron chi connectivity index (χ3n) is 2.21. The van der Waals surface area contributed by atoms with Crippen molar-refractivity contribution in [1.29, 1.82) is 0 Å². The normalized spacial score (nSPS) is 12.6. The molecule has 0 spiro atoms. The standard InChI is InChI=1S/C10H6F6O/c1-5-7(9(11,12)13)3-2-6(4-17)8(5)10(14,15)16/h2-4H,1H3. The van der Waals surface area contributed by atoms with Gasteiger partial charge in [0.1, 0.15) is 0 Å². The van der Waals surface area contributed by atoms with E-state index in [0.29, 0.717) is 19.1 Å². The number of hydrogen-bond acceptors (Lipinski definition) is 1. The number of alkyl halides is 6. The molecule has 1 aromatic carbocycles. The van der Waals surface area contributed by atoms with Gasteiger partial charge in [0.2, 0.25) is 0 Å².